The van der Waals surface area contributed by atoms with E-state index >= 15 is 0 Å². The number of anilines is 2. The second-order valence-electron chi connectivity index (χ2n) is 7.52. The summed E-state index contributed by atoms with van der Waals surface area (Å²) in [6, 6.07) is 25.1. The molecule has 0 unspecified atom stereocenters. The second kappa shape index (κ2) is 10.6. The molecular weight excluding hydrogens is 486 g/mol. The number of para-hydroxylation sites is 1. The highest BCUT2D eigenvalue weighted by Gasteiger charge is 2.27. The highest BCUT2D eigenvalue weighted by molar-refractivity contribution is 7.92. The van der Waals surface area contributed by atoms with Crippen molar-refractivity contribution in [3.05, 3.63) is 113 Å². The largest absolute Gasteiger partial charge is 0.481 e. The van der Waals surface area contributed by atoms with Crippen molar-refractivity contribution < 1.29 is 17.9 Å². The van der Waals surface area contributed by atoms with Gasteiger partial charge >= 0.3 is 0 Å². The van der Waals surface area contributed by atoms with Gasteiger partial charge in [0.1, 0.15) is 0 Å². The Bertz CT molecular complexity index is 1430. The molecule has 4 aromatic rings. The molecule has 35 heavy (non-hydrogen) atoms. The molecule has 0 aliphatic carbocycles. The van der Waals surface area contributed by atoms with E-state index in [1.54, 1.807) is 42.5 Å². The number of nitrogens with zero attached hydrogens (tertiary/aromatic N) is 2. The van der Waals surface area contributed by atoms with Crippen LogP contribution in [0.1, 0.15) is 15.9 Å². The van der Waals surface area contributed by atoms with Crippen molar-refractivity contribution in [2.45, 2.75) is 11.4 Å². The SMILES string of the molecule is COc1ccc(NC(=O)c2cccc(S(=O)(=O)N(Cc3ccccc3)c3ccccc3Cl)c2)cn1. The summed E-state index contributed by atoms with van der Waals surface area (Å²) >= 11 is 6.39. The van der Waals surface area contributed by atoms with Crippen molar-refractivity contribution in [1.29, 1.82) is 0 Å². The van der Waals surface area contributed by atoms with Crippen LogP contribution in [0.15, 0.2) is 102 Å². The number of hydrogen-bond donors (Lipinski definition) is 1. The zero-order valence-electron chi connectivity index (χ0n) is 18.8. The summed E-state index contributed by atoms with van der Waals surface area (Å²) in [5.41, 5.74) is 1.76. The average molecular weight is 508 g/mol. The second-order valence-corrected chi connectivity index (χ2v) is 9.79. The Balaban J connectivity index is 1.67. The van der Waals surface area contributed by atoms with Crippen LogP contribution >= 0.6 is 11.6 Å². The van der Waals surface area contributed by atoms with Gasteiger partial charge in [0, 0.05) is 11.6 Å². The molecule has 9 heteroatoms. The van der Waals surface area contributed by atoms with E-state index in [2.05, 4.69) is 10.3 Å². The van der Waals surface area contributed by atoms with Gasteiger partial charge in [0.15, 0.2) is 0 Å². The minimum absolute atomic E-state index is 0.0335. The maximum Gasteiger partial charge on any atom is 0.264 e. The van der Waals surface area contributed by atoms with Crippen LogP contribution in [0, 0.1) is 0 Å². The van der Waals surface area contributed by atoms with Crippen LogP contribution in [0.25, 0.3) is 0 Å². The number of hydrogen-bond acceptors (Lipinski definition) is 5. The predicted molar refractivity (Wildman–Crippen MR) is 136 cm³/mol. The molecule has 1 heterocycles. The van der Waals surface area contributed by atoms with Crippen molar-refractivity contribution in [2.75, 3.05) is 16.7 Å². The highest BCUT2D eigenvalue weighted by atomic mass is 35.5. The zero-order valence-corrected chi connectivity index (χ0v) is 20.3. The van der Waals surface area contributed by atoms with Crippen molar-refractivity contribution in [3.8, 4) is 5.88 Å². The molecule has 4 rings (SSSR count). The van der Waals surface area contributed by atoms with Crippen LogP contribution < -0.4 is 14.4 Å². The molecule has 0 spiro atoms. The quantitative estimate of drug-likeness (QED) is 0.345. The van der Waals surface area contributed by atoms with Crippen LogP contribution in [0.3, 0.4) is 0 Å². The summed E-state index contributed by atoms with van der Waals surface area (Å²) in [5.74, 6) is -0.0597. The van der Waals surface area contributed by atoms with Crippen molar-refractivity contribution >= 4 is 38.9 Å². The molecular formula is C26H22ClN3O4S. The summed E-state index contributed by atoms with van der Waals surface area (Å²) in [5, 5.41) is 3.01. The topological polar surface area (TPSA) is 88.6 Å². The maximum atomic E-state index is 13.8. The Morgan fingerprint density at radius 2 is 1.71 bits per heavy atom. The fourth-order valence-electron chi connectivity index (χ4n) is 3.41. The maximum absolute atomic E-state index is 13.8. The number of methoxy groups -OCH3 is 1. The molecule has 1 N–H and O–H groups in total. The first-order valence-electron chi connectivity index (χ1n) is 10.6. The molecule has 0 radical (unpaired) electrons. The fraction of sp³-hybridized carbons (Fsp3) is 0.0769. The Labute approximate surface area is 209 Å². The number of sulfonamides is 1. The van der Waals surface area contributed by atoms with Crippen molar-refractivity contribution in [3.63, 3.8) is 0 Å². The molecule has 178 valence electrons. The van der Waals surface area contributed by atoms with Gasteiger partial charge in [0.25, 0.3) is 15.9 Å². The van der Waals surface area contributed by atoms with Crippen molar-refractivity contribution in [1.82, 2.24) is 4.98 Å². The zero-order chi connectivity index (χ0) is 24.8. The van der Waals surface area contributed by atoms with E-state index in [0.29, 0.717) is 22.3 Å². The van der Waals surface area contributed by atoms with Crippen LogP contribution in [0.4, 0.5) is 11.4 Å². The molecule has 0 saturated heterocycles. The molecule has 0 aliphatic rings. The Morgan fingerprint density at radius 1 is 0.971 bits per heavy atom. The highest BCUT2D eigenvalue weighted by Crippen LogP contribution is 2.32. The van der Waals surface area contributed by atoms with E-state index in [9.17, 15) is 13.2 Å². The number of nitrogens with one attached hydrogen (secondary N) is 1. The minimum atomic E-state index is -4.07. The van der Waals surface area contributed by atoms with Gasteiger partial charge in [-0.15, -0.1) is 0 Å². The number of carbonyl (C=O) groups is 1. The molecule has 0 atom stereocenters. The number of carbonyl (C=O) groups excluding carboxylic acids is 1. The van der Waals surface area contributed by atoms with Gasteiger partial charge in [-0.1, -0.05) is 60.1 Å². The lowest BCUT2D eigenvalue weighted by molar-refractivity contribution is 0.102. The van der Waals surface area contributed by atoms with Gasteiger partial charge in [0.05, 0.1) is 41.1 Å². The van der Waals surface area contributed by atoms with Crippen LogP contribution in [-0.4, -0.2) is 26.4 Å². The Morgan fingerprint density at radius 3 is 2.40 bits per heavy atom. The standard InChI is InChI=1S/C26H22ClN3O4S/c1-34-25-15-14-21(17-28-25)29-26(31)20-10-7-11-22(16-20)35(32,33)30(18-19-8-3-2-4-9-19)24-13-6-5-12-23(24)27/h2-17H,18H2,1H3,(H,29,31). The first-order valence-corrected chi connectivity index (χ1v) is 12.4. The van der Waals surface area contributed by atoms with Gasteiger partial charge in [-0.25, -0.2) is 13.4 Å². The number of ether oxygens (including phenoxy) is 1. The monoisotopic (exact) mass is 507 g/mol. The lowest BCUT2D eigenvalue weighted by atomic mass is 10.2. The number of aromatic nitrogens is 1. The van der Waals surface area contributed by atoms with E-state index in [1.165, 1.54) is 35.8 Å². The number of rotatable bonds is 8. The Hall–Kier alpha value is -3.88. The number of amides is 1. The lowest BCUT2D eigenvalue weighted by Gasteiger charge is -2.26. The third-order valence-electron chi connectivity index (χ3n) is 5.18. The van der Waals surface area contributed by atoms with E-state index in [1.807, 2.05) is 30.3 Å². The summed E-state index contributed by atoms with van der Waals surface area (Å²) in [6.07, 6.45) is 1.45. The molecule has 1 amide bonds. The first-order chi connectivity index (χ1) is 16.9. The van der Waals surface area contributed by atoms with Gasteiger partial charge in [-0.3, -0.25) is 9.10 Å². The minimum Gasteiger partial charge on any atom is -0.481 e. The smallest absolute Gasteiger partial charge is 0.264 e. The molecule has 0 saturated carbocycles. The third-order valence-corrected chi connectivity index (χ3v) is 7.25. The molecule has 3 aromatic carbocycles. The number of benzene rings is 3. The van der Waals surface area contributed by atoms with Gasteiger partial charge in [-0.05, 0) is 42.0 Å². The summed E-state index contributed by atoms with van der Waals surface area (Å²) in [6.45, 7) is 0.0703. The van der Waals surface area contributed by atoms with E-state index < -0.39 is 15.9 Å². The van der Waals surface area contributed by atoms with Crippen molar-refractivity contribution in [2.24, 2.45) is 0 Å². The van der Waals surface area contributed by atoms with Crippen LogP contribution in [-0.2, 0) is 16.6 Å². The summed E-state index contributed by atoms with van der Waals surface area (Å²) < 4.78 is 33.9. The van der Waals surface area contributed by atoms with E-state index in [4.69, 9.17) is 16.3 Å². The first kappa shape index (κ1) is 24.3. The predicted octanol–water partition coefficient (Wildman–Crippen LogP) is 5.39. The van der Waals surface area contributed by atoms with Crippen LogP contribution in [0.5, 0.6) is 5.88 Å². The Kier molecular flexibility index (Phi) is 7.33. The fourth-order valence-corrected chi connectivity index (χ4v) is 5.21. The normalized spacial score (nSPS) is 11.0. The summed E-state index contributed by atoms with van der Waals surface area (Å²) in [7, 11) is -2.58. The number of halogens is 1. The third kappa shape index (κ3) is 5.62. The molecule has 0 fully saturated rings. The number of pyridine rings is 1. The molecule has 1 aromatic heterocycles. The molecule has 7 nitrogen and oxygen atoms in total. The van der Waals surface area contributed by atoms with Gasteiger partial charge in [0.2, 0.25) is 5.88 Å². The van der Waals surface area contributed by atoms with Crippen LogP contribution in [0.2, 0.25) is 5.02 Å². The summed E-state index contributed by atoms with van der Waals surface area (Å²) in [4.78, 5) is 16.9. The van der Waals surface area contributed by atoms with E-state index in [-0.39, 0.29) is 17.0 Å². The van der Waals surface area contributed by atoms with Gasteiger partial charge < -0.3 is 10.1 Å². The average Bonchev–Trinajstić information content (AvgIpc) is 2.89. The van der Waals surface area contributed by atoms with E-state index in [0.717, 1.165) is 5.56 Å². The van der Waals surface area contributed by atoms with Gasteiger partial charge in [-0.2, -0.15) is 0 Å². The molecule has 0 bridgehead atoms. The lowest BCUT2D eigenvalue weighted by Crippen LogP contribution is -2.31. The molecule has 0 aliphatic heterocycles.